The van der Waals surface area contributed by atoms with Gasteiger partial charge in [0.15, 0.2) is 5.96 Å². The van der Waals surface area contributed by atoms with Crippen molar-refractivity contribution in [3.8, 4) is 0 Å². The van der Waals surface area contributed by atoms with E-state index in [1.54, 1.807) is 0 Å². The van der Waals surface area contributed by atoms with E-state index in [0.29, 0.717) is 18.5 Å². The molecule has 0 spiro atoms. The zero-order valence-corrected chi connectivity index (χ0v) is 16.5. The third-order valence-electron chi connectivity index (χ3n) is 4.92. The first kappa shape index (κ1) is 19.7. The Morgan fingerprint density at radius 3 is 2.48 bits per heavy atom. The molecule has 2 rings (SSSR count). The van der Waals surface area contributed by atoms with Crippen LogP contribution in [-0.2, 0) is 13.6 Å². The summed E-state index contributed by atoms with van der Waals surface area (Å²) in [4.78, 5) is 9.73. The molecule has 0 saturated carbocycles. The molecule has 0 aromatic carbocycles. The summed E-state index contributed by atoms with van der Waals surface area (Å²) in [5.74, 6) is 1.49. The van der Waals surface area contributed by atoms with Crippen LogP contribution in [0.1, 0.15) is 26.5 Å². The zero-order valence-electron chi connectivity index (χ0n) is 16.5. The molecule has 2 N–H and O–H groups in total. The highest BCUT2D eigenvalue weighted by Gasteiger charge is 2.25. The van der Waals surface area contributed by atoms with Crippen molar-refractivity contribution in [2.45, 2.75) is 33.4 Å². The van der Waals surface area contributed by atoms with Crippen LogP contribution in [0, 0.1) is 5.92 Å². The quantitative estimate of drug-likeness (QED) is 0.562. The molecule has 1 fully saturated rings. The van der Waals surface area contributed by atoms with Gasteiger partial charge in [0.25, 0.3) is 0 Å². The van der Waals surface area contributed by atoms with Gasteiger partial charge in [-0.1, -0.05) is 13.8 Å². The van der Waals surface area contributed by atoms with Crippen molar-refractivity contribution >= 4 is 5.96 Å². The van der Waals surface area contributed by atoms with Crippen LogP contribution in [0.25, 0.3) is 0 Å². The molecule has 0 amide bonds. The summed E-state index contributed by atoms with van der Waals surface area (Å²) < 4.78 is 1.87. The van der Waals surface area contributed by atoms with E-state index in [2.05, 4.69) is 53.4 Å². The average molecular weight is 350 g/mol. The van der Waals surface area contributed by atoms with Crippen LogP contribution < -0.4 is 10.6 Å². The molecule has 142 valence electrons. The van der Waals surface area contributed by atoms with Gasteiger partial charge in [-0.05, 0) is 26.0 Å². The van der Waals surface area contributed by atoms with Gasteiger partial charge in [-0.15, -0.1) is 0 Å². The van der Waals surface area contributed by atoms with Gasteiger partial charge in [0, 0.05) is 58.6 Å². The number of rotatable bonds is 7. The number of hydrogen-bond acceptors (Lipinski definition) is 4. The van der Waals surface area contributed by atoms with Crippen molar-refractivity contribution in [3.63, 3.8) is 0 Å². The van der Waals surface area contributed by atoms with Gasteiger partial charge in [-0.3, -0.25) is 9.58 Å². The van der Waals surface area contributed by atoms with Gasteiger partial charge in [0.2, 0.25) is 0 Å². The van der Waals surface area contributed by atoms with Gasteiger partial charge in [-0.2, -0.15) is 5.10 Å². The standard InChI is InChI=1S/C18H35N7/c1-6-19-18(20-13-16-7-8-22-24(16)5)21-14-17(15(2)3)25-11-9-23(4)10-12-25/h7-8,15,17H,6,9-14H2,1-5H3,(H2,19,20,21). The fourth-order valence-electron chi connectivity index (χ4n) is 3.20. The number of likely N-dealkylation sites (N-methyl/N-ethyl adjacent to an activating group) is 1. The molecule has 2 heterocycles. The summed E-state index contributed by atoms with van der Waals surface area (Å²) >= 11 is 0. The first-order valence-corrected chi connectivity index (χ1v) is 9.43. The summed E-state index contributed by atoms with van der Waals surface area (Å²) in [6.07, 6.45) is 1.81. The highest BCUT2D eigenvalue weighted by Crippen LogP contribution is 2.12. The van der Waals surface area contributed by atoms with Crippen molar-refractivity contribution in [1.82, 2.24) is 30.2 Å². The first-order chi connectivity index (χ1) is 12.0. The predicted molar refractivity (Wildman–Crippen MR) is 104 cm³/mol. The maximum atomic E-state index is 4.71. The minimum Gasteiger partial charge on any atom is -0.357 e. The second kappa shape index (κ2) is 9.77. The highest BCUT2D eigenvalue weighted by molar-refractivity contribution is 5.79. The lowest BCUT2D eigenvalue weighted by atomic mass is 10.0. The lowest BCUT2D eigenvalue weighted by Gasteiger charge is -2.40. The fourth-order valence-corrected chi connectivity index (χ4v) is 3.20. The van der Waals surface area contributed by atoms with Crippen LogP contribution >= 0.6 is 0 Å². The second-order valence-electron chi connectivity index (χ2n) is 7.17. The van der Waals surface area contributed by atoms with E-state index in [0.717, 1.165) is 50.9 Å². The molecule has 0 aliphatic carbocycles. The van der Waals surface area contributed by atoms with E-state index in [1.807, 2.05) is 24.0 Å². The van der Waals surface area contributed by atoms with Gasteiger partial charge < -0.3 is 15.5 Å². The van der Waals surface area contributed by atoms with Crippen molar-refractivity contribution < 1.29 is 0 Å². The van der Waals surface area contributed by atoms with Crippen molar-refractivity contribution in [1.29, 1.82) is 0 Å². The molecule has 7 nitrogen and oxygen atoms in total. The number of hydrogen-bond donors (Lipinski definition) is 2. The Morgan fingerprint density at radius 2 is 1.92 bits per heavy atom. The van der Waals surface area contributed by atoms with Crippen LogP contribution in [-0.4, -0.2) is 77.9 Å². The van der Waals surface area contributed by atoms with Gasteiger partial charge >= 0.3 is 0 Å². The number of nitrogens with one attached hydrogen (secondary N) is 2. The lowest BCUT2D eigenvalue weighted by Crippen LogP contribution is -2.55. The van der Waals surface area contributed by atoms with E-state index < -0.39 is 0 Å². The Labute approximate surface area is 152 Å². The number of aryl methyl sites for hydroxylation is 1. The van der Waals surface area contributed by atoms with E-state index in [1.165, 1.54) is 0 Å². The molecular weight excluding hydrogens is 314 g/mol. The van der Waals surface area contributed by atoms with Gasteiger partial charge in [-0.25, -0.2) is 4.99 Å². The SMILES string of the molecule is CCNC(=NCc1ccnn1C)NCC(C(C)C)N1CCN(C)CC1. The molecule has 1 aromatic heterocycles. The molecule has 1 aromatic rings. The molecule has 1 aliphatic rings. The summed E-state index contributed by atoms with van der Waals surface area (Å²) in [5.41, 5.74) is 1.11. The molecule has 25 heavy (non-hydrogen) atoms. The monoisotopic (exact) mass is 349 g/mol. The van der Waals surface area contributed by atoms with Crippen LogP contribution in [0.2, 0.25) is 0 Å². The molecule has 7 heteroatoms. The third-order valence-corrected chi connectivity index (χ3v) is 4.92. The van der Waals surface area contributed by atoms with Crippen molar-refractivity contribution in [2.24, 2.45) is 18.0 Å². The Kier molecular flexibility index (Phi) is 7.71. The zero-order chi connectivity index (χ0) is 18.2. The average Bonchev–Trinajstić information content (AvgIpc) is 2.99. The topological polar surface area (TPSA) is 60.7 Å². The Hall–Kier alpha value is -1.60. The Morgan fingerprint density at radius 1 is 1.20 bits per heavy atom. The van der Waals surface area contributed by atoms with Crippen LogP contribution in [0.4, 0.5) is 0 Å². The van der Waals surface area contributed by atoms with Crippen molar-refractivity contribution in [2.75, 3.05) is 46.3 Å². The maximum absolute atomic E-state index is 4.71. The molecule has 1 aliphatic heterocycles. The van der Waals surface area contributed by atoms with E-state index in [9.17, 15) is 0 Å². The third kappa shape index (κ3) is 6.01. The highest BCUT2D eigenvalue weighted by atomic mass is 15.3. The number of aliphatic imine (C=N–C) groups is 1. The number of nitrogens with zero attached hydrogens (tertiary/aromatic N) is 5. The smallest absolute Gasteiger partial charge is 0.191 e. The summed E-state index contributed by atoms with van der Waals surface area (Å²) in [5, 5.41) is 11.1. The lowest BCUT2D eigenvalue weighted by molar-refractivity contribution is 0.0900. The maximum Gasteiger partial charge on any atom is 0.191 e. The molecule has 1 unspecified atom stereocenters. The van der Waals surface area contributed by atoms with Crippen LogP contribution in [0.5, 0.6) is 0 Å². The first-order valence-electron chi connectivity index (χ1n) is 9.43. The Bertz CT molecular complexity index is 529. The van der Waals surface area contributed by atoms with E-state index >= 15 is 0 Å². The Balaban J connectivity index is 1.93. The largest absolute Gasteiger partial charge is 0.357 e. The normalized spacial score (nSPS) is 18.6. The molecule has 1 saturated heterocycles. The van der Waals surface area contributed by atoms with E-state index in [-0.39, 0.29) is 0 Å². The minimum absolute atomic E-state index is 0.522. The summed E-state index contributed by atoms with van der Waals surface area (Å²) in [7, 11) is 4.15. The molecular formula is C18H35N7. The van der Waals surface area contributed by atoms with Gasteiger partial charge in [0.05, 0.1) is 12.2 Å². The van der Waals surface area contributed by atoms with E-state index in [4.69, 9.17) is 4.99 Å². The summed E-state index contributed by atoms with van der Waals surface area (Å²) in [6, 6.07) is 2.53. The predicted octanol–water partition coefficient (Wildman–Crippen LogP) is 0.747. The van der Waals surface area contributed by atoms with Gasteiger partial charge in [0.1, 0.15) is 0 Å². The van der Waals surface area contributed by atoms with Crippen LogP contribution in [0.3, 0.4) is 0 Å². The molecule has 0 bridgehead atoms. The fraction of sp³-hybridized carbons (Fsp3) is 0.778. The number of aromatic nitrogens is 2. The number of piperazine rings is 1. The van der Waals surface area contributed by atoms with Crippen molar-refractivity contribution in [3.05, 3.63) is 18.0 Å². The molecule has 1 atom stereocenters. The number of guanidine groups is 1. The second-order valence-corrected chi connectivity index (χ2v) is 7.17. The minimum atomic E-state index is 0.522. The van der Waals surface area contributed by atoms with Crippen LogP contribution in [0.15, 0.2) is 17.3 Å². The molecule has 0 radical (unpaired) electrons. The summed E-state index contributed by atoms with van der Waals surface area (Å²) in [6.45, 7) is 13.7.